The maximum Gasteiger partial charge on any atom is 0.183 e. The van der Waals surface area contributed by atoms with E-state index in [1.807, 2.05) is 13.8 Å². The van der Waals surface area contributed by atoms with Crippen LogP contribution in [0.5, 0.6) is 5.75 Å². The Balaban J connectivity index is 2.31. The molecule has 0 saturated carbocycles. The van der Waals surface area contributed by atoms with Crippen LogP contribution in [-0.2, 0) is 0 Å². The number of nitrogens with zero attached hydrogens (tertiary/aromatic N) is 2. The van der Waals surface area contributed by atoms with Gasteiger partial charge in [0.1, 0.15) is 30.4 Å². The molecule has 0 N–H and O–H groups in total. The first-order chi connectivity index (χ1) is 9.56. The Morgan fingerprint density at radius 1 is 1.40 bits per heavy atom. The van der Waals surface area contributed by atoms with E-state index in [1.165, 1.54) is 6.20 Å². The number of rotatable bonds is 6. The van der Waals surface area contributed by atoms with Crippen molar-refractivity contribution in [1.29, 1.82) is 0 Å². The van der Waals surface area contributed by atoms with Crippen molar-refractivity contribution in [3.8, 4) is 5.75 Å². The van der Waals surface area contributed by atoms with Gasteiger partial charge in [0.15, 0.2) is 11.9 Å². The predicted octanol–water partition coefficient (Wildman–Crippen LogP) is 2.86. The van der Waals surface area contributed by atoms with E-state index < -0.39 is 19.5 Å². The summed E-state index contributed by atoms with van der Waals surface area (Å²) in [7, 11) is 0. The summed E-state index contributed by atoms with van der Waals surface area (Å²) < 4.78 is 31.6. The lowest BCUT2D eigenvalue weighted by molar-refractivity contribution is 0.0933. The maximum absolute atomic E-state index is 12.4. The number of ketones is 1. The van der Waals surface area contributed by atoms with Gasteiger partial charge >= 0.3 is 0 Å². The van der Waals surface area contributed by atoms with E-state index in [0.29, 0.717) is 17.1 Å². The molecule has 0 aliphatic heterocycles. The molecule has 0 aromatic carbocycles. The predicted molar refractivity (Wildman–Crippen MR) is 70.7 cm³/mol. The topological polar surface area (TPSA) is 43.6 Å². The first kappa shape index (κ1) is 14.4. The molecule has 0 aliphatic carbocycles. The summed E-state index contributed by atoms with van der Waals surface area (Å²) >= 11 is 0. The highest BCUT2D eigenvalue weighted by Gasteiger charge is 2.16. The molecule has 4 nitrogen and oxygen atoms in total. The Labute approximate surface area is 115 Å². The number of halogens is 2. The zero-order valence-corrected chi connectivity index (χ0v) is 11.3. The molecule has 0 spiro atoms. The van der Waals surface area contributed by atoms with Crippen LogP contribution in [0.15, 0.2) is 24.5 Å². The van der Waals surface area contributed by atoms with Gasteiger partial charge in [-0.2, -0.15) is 0 Å². The summed E-state index contributed by atoms with van der Waals surface area (Å²) in [6.45, 7) is 1.83. The highest BCUT2D eigenvalue weighted by Crippen LogP contribution is 2.18. The Morgan fingerprint density at radius 3 is 2.70 bits per heavy atom. The smallest absolute Gasteiger partial charge is 0.183 e. The normalized spacial score (nSPS) is 11.5. The van der Waals surface area contributed by atoms with Crippen LogP contribution in [0.4, 0.5) is 8.78 Å². The molecule has 0 amide bonds. The number of alkyl halides is 2. The fourth-order valence-corrected chi connectivity index (χ4v) is 1.81. The number of ether oxygens (including phenoxy) is 1. The van der Waals surface area contributed by atoms with Crippen molar-refractivity contribution >= 4 is 11.4 Å². The number of pyridine rings is 1. The molecule has 2 rings (SSSR count). The van der Waals surface area contributed by atoms with Crippen molar-refractivity contribution in [1.82, 2.24) is 9.38 Å². The van der Waals surface area contributed by atoms with Gasteiger partial charge in [0, 0.05) is 18.2 Å². The van der Waals surface area contributed by atoms with Gasteiger partial charge < -0.3 is 4.74 Å². The van der Waals surface area contributed by atoms with E-state index >= 15 is 0 Å². The van der Waals surface area contributed by atoms with Crippen LogP contribution in [0.3, 0.4) is 0 Å². The van der Waals surface area contributed by atoms with Gasteiger partial charge in [-0.3, -0.25) is 9.20 Å². The molecule has 0 unspecified atom stereocenters. The average Bonchev–Trinajstić information content (AvgIpc) is 2.86. The number of fused-ring (bicyclic) bond motifs is 1. The molecule has 108 valence electrons. The zero-order chi connectivity index (χ0) is 14.7. The van der Waals surface area contributed by atoms with Crippen molar-refractivity contribution in [2.75, 3.05) is 13.3 Å². The lowest BCUT2D eigenvalue weighted by Crippen LogP contribution is -2.21. The summed E-state index contributed by atoms with van der Waals surface area (Å²) in [5.41, 5.74) is 0.983. The number of aromatic nitrogens is 2. The molecule has 0 aliphatic rings. The molecule has 2 heterocycles. The second-order valence-electron chi connectivity index (χ2n) is 4.80. The summed E-state index contributed by atoms with van der Waals surface area (Å²) in [6, 6.07) is 3.11. The van der Waals surface area contributed by atoms with Gasteiger partial charge in [-0.15, -0.1) is 0 Å². The van der Waals surface area contributed by atoms with Gasteiger partial charge in [-0.25, -0.2) is 13.8 Å². The van der Waals surface area contributed by atoms with E-state index in [1.54, 1.807) is 22.7 Å². The minimum Gasteiger partial charge on any atom is -0.485 e. The van der Waals surface area contributed by atoms with Gasteiger partial charge in [0.05, 0.1) is 6.20 Å². The summed E-state index contributed by atoms with van der Waals surface area (Å²) in [5, 5.41) is 0. The third kappa shape index (κ3) is 2.79. The number of carbonyl (C=O) groups excluding carboxylic acids is 1. The van der Waals surface area contributed by atoms with E-state index in [0.717, 1.165) is 0 Å². The van der Waals surface area contributed by atoms with Crippen LogP contribution in [0, 0.1) is 5.92 Å². The second-order valence-corrected chi connectivity index (χ2v) is 4.80. The van der Waals surface area contributed by atoms with Crippen LogP contribution >= 0.6 is 0 Å². The molecule has 0 fully saturated rings. The Kier molecular flexibility index (Phi) is 4.32. The fourth-order valence-electron chi connectivity index (χ4n) is 1.81. The first-order valence-electron chi connectivity index (χ1n) is 6.36. The van der Waals surface area contributed by atoms with Gasteiger partial charge in [-0.05, 0) is 6.07 Å². The molecular formula is C14H16F2N2O2. The zero-order valence-electron chi connectivity index (χ0n) is 11.3. The summed E-state index contributed by atoms with van der Waals surface area (Å²) in [6.07, 6.45) is 1.99. The monoisotopic (exact) mass is 282 g/mol. The van der Waals surface area contributed by atoms with Crippen LogP contribution in [0.2, 0.25) is 0 Å². The third-order valence-electron chi connectivity index (χ3n) is 2.91. The highest BCUT2D eigenvalue weighted by molar-refractivity contribution is 5.96. The minimum absolute atomic E-state index is 0.0171. The molecule has 2 aromatic heterocycles. The summed E-state index contributed by atoms with van der Waals surface area (Å²) in [5.74, 6) is 0.178. The van der Waals surface area contributed by atoms with Crippen LogP contribution < -0.4 is 4.74 Å². The average molecular weight is 282 g/mol. The highest BCUT2D eigenvalue weighted by atomic mass is 19.1. The number of imidazole rings is 1. The van der Waals surface area contributed by atoms with Gasteiger partial charge in [-0.1, -0.05) is 13.8 Å². The van der Waals surface area contributed by atoms with Crippen molar-refractivity contribution in [2.24, 2.45) is 5.92 Å². The van der Waals surface area contributed by atoms with Crippen LogP contribution in [0.25, 0.3) is 5.65 Å². The number of carbonyl (C=O) groups is 1. The largest absolute Gasteiger partial charge is 0.485 e. The Hall–Kier alpha value is -1.98. The van der Waals surface area contributed by atoms with Crippen LogP contribution in [0.1, 0.15) is 24.3 Å². The molecule has 0 saturated heterocycles. The summed E-state index contributed by atoms with van der Waals surface area (Å²) in [4.78, 5) is 16.1. The lowest BCUT2D eigenvalue weighted by Gasteiger charge is -2.12. The molecule has 0 atom stereocenters. The van der Waals surface area contributed by atoms with E-state index in [-0.39, 0.29) is 11.7 Å². The van der Waals surface area contributed by atoms with Crippen molar-refractivity contribution in [3.05, 3.63) is 30.2 Å². The maximum atomic E-state index is 12.4. The number of Topliss-reactive ketones (excluding diaryl/α,β-unsaturated/α-hetero) is 1. The first-order valence-corrected chi connectivity index (χ1v) is 6.36. The standard InChI is InChI=1S/C14H16F2N2O2/c1-9(2)14(19)12-8-17-13-5-10(3-4-18(12)13)20-11(6-15)7-16/h3-5,8-9,11H,6-7H2,1-2H3. The van der Waals surface area contributed by atoms with Crippen molar-refractivity contribution in [3.63, 3.8) is 0 Å². The van der Waals surface area contributed by atoms with Crippen molar-refractivity contribution < 1.29 is 18.3 Å². The number of hydrogen-bond donors (Lipinski definition) is 0. The van der Waals surface area contributed by atoms with Crippen molar-refractivity contribution in [2.45, 2.75) is 20.0 Å². The molecule has 0 radical (unpaired) electrons. The van der Waals surface area contributed by atoms with Gasteiger partial charge in [0.2, 0.25) is 0 Å². The van der Waals surface area contributed by atoms with E-state index in [2.05, 4.69) is 4.98 Å². The van der Waals surface area contributed by atoms with Gasteiger partial charge in [0.25, 0.3) is 0 Å². The molecule has 6 heteroatoms. The molecule has 20 heavy (non-hydrogen) atoms. The van der Waals surface area contributed by atoms with Crippen LogP contribution in [-0.4, -0.2) is 34.6 Å². The second kappa shape index (κ2) is 5.98. The minimum atomic E-state index is -1.11. The molecule has 2 aromatic rings. The SMILES string of the molecule is CC(C)C(=O)c1cnc2cc(OC(CF)CF)ccn12. The lowest BCUT2D eigenvalue weighted by atomic mass is 10.1. The fraction of sp³-hybridized carbons (Fsp3) is 0.429. The number of hydrogen-bond acceptors (Lipinski definition) is 3. The third-order valence-corrected chi connectivity index (χ3v) is 2.91. The van der Waals surface area contributed by atoms with E-state index in [9.17, 15) is 13.6 Å². The Bertz CT molecular complexity index is 606. The van der Waals surface area contributed by atoms with E-state index in [4.69, 9.17) is 4.74 Å². The Morgan fingerprint density at radius 2 is 2.10 bits per heavy atom. The molecule has 0 bridgehead atoms. The quantitative estimate of drug-likeness (QED) is 0.765. The molecular weight excluding hydrogens is 266 g/mol.